The van der Waals surface area contributed by atoms with Crippen LogP contribution in [0.4, 0.5) is 8.78 Å². The maximum Gasteiger partial charge on any atom is 0.168 e. The average Bonchev–Trinajstić information content (AvgIpc) is 2.55. The molecule has 2 rings (SSSR count). The molecule has 0 aliphatic carbocycles. The third-order valence-electron chi connectivity index (χ3n) is 4.24. The fourth-order valence-corrected chi connectivity index (χ4v) is 2.93. The second kappa shape index (κ2) is 9.45. The quantitative estimate of drug-likeness (QED) is 0.599. The maximum absolute atomic E-state index is 13.4. The van der Waals surface area contributed by atoms with Crippen LogP contribution in [0.5, 0.6) is 5.75 Å². The highest BCUT2D eigenvalue weighted by atomic mass is 19.1. The van der Waals surface area contributed by atoms with Gasteiger partial charge < -0.3 is 15.6 Å². The lowest BCUT2D eigenvalue weighted by atomic mass is 9.88. The minimum atomic E-state index is -0.872. The van der Waals surface area contributed by atoms with Gasteiger partial charge in [0.25, 0.3) is 0 Å². The summed E-state index contributed by atoms with van der Waals surface area (Å²) in [5, 5.41) is 13.0. The van der Waals surface area contributed by atoms with Crippen LogP contribution >= 0.6 is 0 Å². The highest BCUT2D eigenvalue weighted by Crippen LogP contribution is 2.21. The van der Waals surface area contributed by atoms with Gasteiger partial charge >= 0.3 is 0 Å². The van der Waals surface area contributed by atoms with Crippen LogP contribution in [0.25, 0.3) is 0 Å². The molecule has 0 saturated carbocycles. The summed E-state index contributed by atoms with van der Waals surface area (Å²) in [6.07, 6.45) is -0.758. The van der Waals surface area contributed by atoms with Crippen molar-refractivity contribution in [1.29, 1.82) is 0 Å². The number of aliphatic hydroxyl groups is 1. The van der Waals surface area contributed by atoms with Crippen molar-refractivity contribution in [2.75, 3.05) is 0 Å². The van der Waals surface area contributed by atoms with E-state index in [4.69, 9.17) is 10.5 Å². The van der Waals surface area contributed by atoms with Crippen LogP contribution in [-0.2, 0) is 13.0 Å². The summed E-state index contributed by atoms with van der Waals surface area (Å²) in [7, 11) is 0. The molecule has 4 N–H and O–H groups in total. The van der Waals surface area contributed by atoms with Crippen molar-refractivity contribution < 1.29 is 18.6 Å². The fourth-order valence-electron chi connectivity index (χ4n) is 2.93. The largest absolute Gasteiger partial charge is 0.473 e. The number of aliphatic hydroxyl groups excluding tert-OH is 1. The van der Waals surface area contributed by atoms with E-state index in [1.54, 1.807) is 6.92 Å². The summed E-state index contributed by atoms with van der Waals surface area (Å²) in [4.78, 5) is 0. The summed E-state index contributed by atoms with van der Waals surface area (Å²) in [6.45, 7) is 8.52. The Hall–Kier alpha value is -2.02. The number of nitrogens with two attached hydrogens (primary N) is 1. The number of hydrogen-bond acceptors (Lipinski definition) is 4. The van der Waals surface area contributed by atoms with Gasteiger partial charge in [0.2, 0.25) is 0 Å². The van der Waals surface area contributed by atoms with Crippen LogP contribution in [0.1, 0.15) is 38.8 Å². The molecule has 154 valence electrons. The second-order valence-corrected chi connectivity index (χ2v) is 8.40. The van der Waals surface area contributed by atoms with E-state index in [9.17, 15) is 13.9 Å². The second-order valence-electron chi connectivity index (χ2n) is 8.40. The first kappa shape index (κ1) is 22.3. The van der Waals surface area contributed by atoms with Gasteiger partial charge in [0.05, 0.1) is 12.1 Å². The molecule has 0 bridgehead atoms. The predicted octanol–water partition coefficient (Wildman–Crippen LogP) is 3.76. The molecule has 0 radical (unpaired) electrons. The van der Waals surface area contributed by atoms with Gasteiger partial charge in [-0.15, -0.1) is 0 Å². The summed E-state index contributed by atoms with van der Waals surface area (Å²) < 4.78 is 32.6. The highest BCUT2D eigenvalue weighted by molar-refractivity contribution is 5.25. The van der Waals surface area contributed by atoms with Gasteiger partial charge in [0.15, 0.2) is 6.23 Å². The molecule has 0 spiro atoms. The zero-order valence-corrected chi connectivity index (χ0v) is 16.9. The summed E-state index contributed by atoms with van der Waals surface area (Å²) in [5.41, 5.74) is 8.46. The SMILES string of the molecule is C[C@@H](O)[C@H](N)C(NCc1cccc(CC(C)(C)C)c1)Oc1cc(F)cc(F)c1. The van der Waals surface area contributed by atoms with Crippen molar-refractivity contribution in [3.05, 3.63) is 65.2 Å². The lowest BCUT2D eigenvalue weighted by molar-refractivity contribution is 0.0591. The molecule has 2 aromatic rings. The number of benzene rings is 2. The standard InChI is InChI=1S/C22H30F2N2O2/c1-14(27)20(25)21(28-19-10-17(23)9-18(24)11-19)26-13-16-7-5-6-15(8-16)12-22(2,3)4/h5-11,14,20-21,26-27H,12-13,25H2,1-4H3/t14-,20+,21?/m1/s1. The van der Waals surface area contributed by atoms with E-state index < -0.39 is 30.0 Å². The molecule has 1 unspecified atom stereocenters. The Morgan fingerprint density at radius 2 is 1.68 bits per heavy atom. The van der Waals surface area contributed by atoms with Gasteiger partial charge in [0, 0.05) is 24.7 Å². The molecule has 4 nitrogen and oxygen atoms in total. The van der Waals surface area contributed by atoms with E-state index >= 15 is 0 Å². The van der Waals surface area contributed by atoms with E-state index in [0.29, 0.717) is 6.54 Å². The van der Waals surface area contributed by atoms with E-state index in [1.165, 1.54) is 5.56 Å². The van der Waals surface area contributed by atoms with Crippen LogP contribution in [0, 0.1) is 17.0 Å². The molecule has 0 saturated heterocycles. The monoisotopic (exact) mass is 392 g/mol. The van der Waals surface area contributed by atoms with Crippen LogP contribution < -0.4 is 15.8 Å². The topological polar surface area (TPSA) is 67.5 Å². The molecular formula is C22H30F2N2O2. The van der Waals surface area contributed by atoms with Gasteiger partial charge in [-0.1, -0.05) is 45.0 Å². The molecule has 0 fully saturated rings. The van der Waals surface area contributed by atoms with Crippen molar-refractivity contribution in [2.24, 2.45) is 11.1 Å². The third kappa shape index (κ3) is 7.19. The maximum atomic E-state index is 13.4. The third-order valence-corrected chi connectivity index (χ3v) is 4.24. The van der Waals surface area contributed by atoms with Gasteiger partial charge in [-0.3, -0.25) is 5.32 Å². The Bertz CT molecular complexity index is 755. The molecule has 28 heavy (non-hydrogen) atoms. The normalized spacial score (nSPS) is 15.1. The Balaban J connectivity index is 2.12. The first-order valence-electron chi connectivity index (χ1n) is 9.41. The number of ether oxygens (including phenoxy) is 1. The van der Waals surface area contributed by atoms with Crippen LogP contribution in [0.3, 0.4) is 0 Å². The lowest BCUT2D eigenvalue weighted by Crippen LogP contribution is -2.53. The number of rotatable bonds is 8. The Labute approximate surface area is 165 Å². The molecule has 0 aromatic heterocycles. The molecular weight excluding hydrogens is 362 g/mol. The molecule has 0 heterocycles. The van der Waals surface area contributed by atoms with E-state index in [-0.39, 0.29) is 11.2 Å². The molecule has 3 atom stereocenters. The Morgan fingerprint density at radius 1 is 1.07 bits per heavy atom. The molecule has 0 amide bonds. The summed E-state index contributed by atoms with van der Waals surface area (Å²) >= 11 is 0. The molecule has 2 aromatic carbocycles. The van der Waals surface area contributed by atoms with E-state index in [1.807, 2.05) is 12.1 Å². The Morgan fingerprint density at radius 3 is 2.25 bits per heavy atom. The Kier molecular flexibility index (Phi) is 7.52. The van der Waals surface area contributed by atoms with Crippen LogP contribution in [0.15, 0.2) is 42.5 Å². The van der Waals surface area contributed by atoms with E-state index in [0.717, 1.165) is 30.2 Å². The van der Waals surface area contributed by atoms with Gasteiger partial charge in [-0.25, -0.2) is 8.78 Å². The van der Waals surface area contributed by atoms with Crippen molar-refractivity contribution in [3.8, 4) is 5.75 Å². The first-order chi connectivity index (χ1) is 13.0. The number of nitrogens with one attached hydrogen (secondary N) is 1. The average molecular weight is 392 g/mol. The fraction of sp³-hybridized carbons (Fsp3) is 0.455. The van der Waals surface area contributed by atoms with Crippen molar-refractivity contribution in [2.45, 2.75) is 59.0 Å². The molecule has 0 aliphatic heterocycles. The molecule has 0 aliphatic rings. The summed E-state index contributed by atoms with van der Waals surface area (Å²) in [5.74, 6) is -1.48. The van der Waals surface area contributed by atoms with Crippen LogP contribution in [-0.4, -0.2) is 23.5 Å². The smallest absolute Gasteiger partial charge is 0.168 e. The minimum absolute atomic E-state index is 0.00702. The highest BCUT2D eigenvalue weighted by Gasteiger charge is 2.24. The van der Waals surface area contributed by atoms with Crippen molar-refractivity contribution >= 4 is 0 Å². The lowest BCUT2D eigenvalue weighted by Gasteiger charge is -2.28. The predicted molar refractivity (Wildman–Crippen MR) is 107 cm³/mol. The van der Waals surface area contributed by atoms with E-state index in [2.05, 4.69) is 38.2 Å². The van der Waals surface area contributed by atoms with Crippen LogP contribution in [0.2, 0.25) is 0 Å². The molecule has 6 heteroatoms. The number of halogens is 2. The van der Waals surface area contributed by atoms with Crippen molar-refractivity contribution in [1.82, 2.24) is 5.32 Å². The number of hydrogen-bond donors (Lipinski definition) is 3. The zero-order chi connectivity index (χ0) is 20.9. The van der Waals surface area contributed by atoms with Crippen molar-refractivity contribution in [3.63, 3.8) is 0 Å². The summed E-state index contributed by atoms with van der Waals surface area (Å²) in [6, 6.07) is 10.3. The zero-order valence-electron chi connectivity index (χ0n) is 16.9. The van der Waals surface area contributed by atoms with Gasteiger partial charge in [-0.2, -0.15) is 0 Å². The van der Waals surface area contributed by atoms with Gasteiger partial charge in [-0.05, 0) is 29.9 Å². The van der Waals surface area contributed by atoms with Gasteiger partial charge in [0.1, 0.15) is 17.4 Å². The first-order valence-corrected chi connectivity index (χ1v) is 9.41. The minimum Gasteiger partial charge on any atom is -0.473 e.